The molecule has 0 saturated carbocycles. The molecule has 4 nitrogen and oxygen atoms in total. The van der Waals surface area contributed by atoms with Crippen LogP contribution < -0.4 is 0 Å². The van der Waals surface area contributed by atoms with E-state index in [9.17, 15) is 0 Å². The first kappa shape index (κ1) is 9.78. The summed E-state index contributed by atoms with van der Waals surface area (Å²) >= 11 is 0. The first-order valence-corrected chi connectivity index (χ1v) is 5.63. The Hall–Kier alpha value is -1.42. The van der Waals surface area contributed by atoms with E-state index in [1.807, 2.05) is 6.92 Å². The van der Waals surface area contributed by atoms with Crippen LogP contribution in [-0.4, -0.2) is 39.8 Å². The molecule has 2 aromatic rings. The maximum Gasteiger partial charge on any atom is 0.114 e. The molecule has 84 valence electrons. The van der Waals surface area contributed by atoms with Crippen LogP contribution in [0.5, 0.6) is 0 Å². The molecule has 3 rings (SSSR count). The van der Waals surface area contributed by atoms with Gasteiger partial charge in [-0.3, -0.25) is 0 Å². The van der Waals surface area contributed by atoms with Gasteiger partial charge in [0.1, 0.15) is 5.52 Å². The van der Waals surface area contributed by atoms with Crippen LogP contribution in [0.1, 0.15) is 17.2 Å². The molecule has 1 aliphatic rings. The second-order valence-electron chi connectivity index (χ2n) is 4.83. The Morgan fingerprint density at radius 1 is 1.25 bits per heavy atom. The highest BCUT2D eigenvalue weighted by molar-refractivity contribution is 5.80. The monoisotopic (exact) mass is 216 g/mol. The van der Waals surface area contributed by atoms with E-state index in [1.165, 1.54) is 11.1 Å². The number of aromatic nitrogens is 3. The van der Waals surface area contributed by atoms with E-state index in [1.54, 1.807) is 0 Å². The zero-order valence-corrected chi connectivity index (χ0v) is 9.94. The van der Waals surface area contributed by atoms with Crippen molar-refractivity contribution in [1.29, 1.82) is 0 Å². The minimum absolute atomic E-state index is 0.630. The Morgan fingerprint density at radius 2 is 2.00 bits per heavy atom. The molecule has 3 heterocycles. The van der Waals surface area contributed by atoms with Gasteiger partial charge in [-0.25, -0.2) is 0 Å². The third-order valence-electron chi connectivity index (χ3n) is 3.39. The van der Waals surface area contributed by atoms with Gasteiger partial charge in [-0.2, -0.15) is 5.10 Å². The summed E-state index contributed by atoms with van der Waals surface area (Å²) in [6.07, 6.45) is 2.20. The maximum atomic E-state index is 4.34. The number of hydrogen-bond donors (Lipinski definition) is 0. The number of likely N-dealkylation sites (tertiary alicyclic amines) is 1. The van der Waals surface area contributed by atoms with Gasteiger partial charge in [0.15, 0.2) is 0 Å². The zero-order valence-electron chi connectivity index (χ0n) is 9.94. The van der Waals surface area contributed by atoms with Crippen molar-refractivity contribution < 1.29 is 0 Å². The van der Waals surface area contributed by atoms with Crippen LogP contribution in [0.4, 0.5) is 0 Å². The number of hydrogen-bond acceptors (Lipinski definition) is 3. The molecule has 0 N–H and O–H groups in total. The zero-order chi connectivity index (χ0) is 11.3. The van der Waals surface area contributed by atoms with Crippen LogP contribution in [0, 0.1) is 6.92 Å². The summed E-state index contributed by atoms with van der Waals surface area (Å²) in [5.41, 5.74) is 4.59. The normalized spacial score (nSPS) is 17.9. The van der Waals surface area contributed by atoms with Crippen molar-refractivity contribution >= 4 is 11.0 Å². The fourth-order valence-corrected chi connectivity index (χ4v) is 2.48. The van der Waals surface area contributed by atoms with Gasteiger partial charge in [-0.15, -0.1) is 5.10 Å². The summed E-state index contributed by atoms with van der Waals surface area (Å²) in [6.45, 7) is 4.25. The van der Waals surface area contributed by atoms with Gasteiger partial charge in [0.05, 0.1) is 11.2 Å². The Balaban J connectivity index is 2.12. The van der Waals surface area contributed by atoms with Crippen molar-refractivity contribution in [3.05, 3.63) is 23.5 Å². The largest absolute Gasteiger partial charge is 0.349 e. The first-order valence-electron chi connectivity index (χ1n) is 5.63. The molecule has 0 radical (unpaired) electrons. The van der Waals surface area contributed by atoms with Crippen molar-refractivity contribution in [1.82, 2.24) is 19.7 Å². The number of likely N-dealkylation sites (N-methyl/N-ethyl adjacent to an activating group) is 1. The van der Waals surface area contributed by atoms with Crippen molar-refractivity contribution in [3.63, 3.8) is 0 Å². The van der Waals surface area contributed by atoms with E-state index in [4.69, 9.17) is 0 Å². The van der Waals surface area contributed by atoms with Crippen molar-refractivity contribution in [2.45, 2.75) is 12.8 Å². The lowest BCUT2D eigenvalue weighted by molar-refractivity contribution is 0.190. The standard InChI is InChI=1S/C12H16N4/c1-8-4-11-12(14-13-8)10(7-16(11)3)9-5-15(2)6-9/h4,7,9H,5-6H2,1-3H3. The lowest BCUT2D eigenvalue weighted by atomic mass is 9.93. The van der Waals surface area contributed by atoms with Crippen LogP contribution in [0.25, 0.3) is 11.0 Å². The third kappa shape index (κ3) is 1.33. The fourth-order valence-electron chi connectivity index (χ4n) is 2.48. The van der Waals surface area contributed by atoms with E-state index in [0.717, 1.165) is 24.3 Å². The summed E-state index contributed by atoms with van der Waals surface area (Å²) in [7, 11) is 4.23. The number of aryl methyl sites for hydroxylation is 2. The molecule has 1 aliphatic heterocycles. The van der Waals surface area contributed by atoms with E-state index in [2.05, 4.69) is 46.0 Å². The summed E-state index contributed by atoms with van der Waals surface area (Å²) in [6, 6.07) is 2.11. The van der Waals surface area contributed by atoms with Gasteiger partial charge in [0.2, 0.25) is 0 Å². The molecule has 16 heavy (non-hydrogen) atoms. The van der Waals surface area contributed by atoms with Gasteiger partial charge >= 0.3 is 0 Å². The molecule has 1 saturated heterocycles. The SMILES string of the molecule is Cc1cc2c(nn1)c(C1CN(C)C1)cn2C. The minimum Gasteiger partial charge on any atom is -0.349 e. The molecule has 2 aromatic heterocycles. The lowest BCUT2D eigenvalue weighted by Crippen LogP contribution is -2.41. The van der Waals surface area contributed by atoms with E-state index < -0.39 is 0 Å². The maximum absolute atomic E-state index is 4.34. The lowest BCUT2D eigenvalue weighted by Gasteiger charge is -2.35. The summed E-state index contributed by atoms with van der Waals surface area (Å²) in [5.74, 6) is 0.630. The van der Waals surface area contributed by atoms with Crippen molar-refractivity contribution in [3.8, 4) is 0 Å². The Labute approximate surface area is 94.9 Å². The van der Waals surface area contributed by atoms with Gasteiger partial charge < -0.3 is 9.47 Å². The molecule has 0 atom stereocenters. The Morgan fingerprint density at radius 3 is 2.69 bits per heavy atom. The van der Waals surface area contributed by atoms with E-state index in [-0.39, 0.29) is 0 Å². The predicted octanol–water partition coefficient (Wildman–Crippen LogP) is 1.31. The fraction of sp³-hybridized carbons (Fsp3) is 0.500. The highest BCUT2D eigenvalue weighted by Crippen LogP contribution is 2.31. The summed E-state index contributed by atoms with van der Waals surface area (Å²) in [5, 5.41) is 8.50. The summed E-state index contributed by atoms with van der Waals surface area (Å²) < 4.78 is 2.16. The smallest absolute Gasteiger partial charge is 0.114 e. The number of fused-ring (bicyclic) bond motifs is 1. The molecule has 0 aliphatic carbocycles. The van der Waals surface area contributed by atoms with Gasteiger partial charge in [0.25, 0.3) is 0 Å². The van der Waals surface area contributed by atoms with Crippen LogP contribution in [-0.2, 0) is 7.05 Å². The highest BCUT2D eigenvalue weighted by Gasteiger charge is 2.28. The minimum atomic E-state index is 0.630. The molecule has 0 aromatic carbocycles. The molecule has 0 unspecified atom stereocenters. The topological polar surface area (TPSA) is 34.0 Å². The van der Waals surface area contributed by atoms with E-state index in [0.29, 0.717) is 5.92 Å². The van der Waals surface area contributed by atoms with Crippen LogP contribution in [0.15, 0.2) is 12.3 Å². The Kier molecular flexibility index (Phi) is 2.01. The van der Waals surface area contributed by atoms with Crippen molar-refractivity contribution in [2.75, 3.05) is 20.1 Å². The first-order chi connectivity index (χ1) is 7.65. The molecule has 0 bridgehead atoms. The van der Waals surface area contributed by atoms with Crippen LogP contribution >= 0.6 is 0 Å². The predicted molar refractivity (Wildman–Crippen MR) is 63.5 cm³/mol. The van der Waals surface area contributed by atoms with Crippen LogP contribution in [0.2, 0.25) is 0 Å². The summed E-state index contributed by atoms with van der Waals surface area (Å²) in [4.78, 5) is 2.32. The molecular formula is C12H16N4. The number of rotatable bonds is 1. The quantitative estimate of drug-likeness (QED) is 0.720. The third-order valence-corrected chi connectivity index (χ3v) is 3.39. The average molecular weight is 216 g/mol. The van der Waals surface area contributed by atoms with Gasteiger partial charge in [0, 0.05) is 37.8 Å². The second-order valence-corrected chi connectivity index (χ2v) is 4.83. The molecule has 0 spiro atoms. The van der Waals surface area contributed by atoms with Gasteiger partial charge in [-0.1, -0.05) is 0 Å². The highest BCUT2D eigenvalue weighted by atomic mass is 15.2. The second kappa shape index (κ2) is 3.28. The molecule has 1 fully saturated rings. The molecular weight excluding hydrogens is 200 g/mol. The van der Waals surface area contributed by atoms with Crippen molar-refractivity contribution in [2.24, 2.45) is 7.05 Å². The molecule has 4 heteroatoms. The van der Waals surface area contributed by atoms with Gasteiger partial charge in [-0.05, 0) is 20.0 Å². The average Bonchev–Trinajstić information content (AvgIpc) is 2.51. The van der Waals surface area contributed by atoms with E-state index >= 15 is 0 Å². The number of nitrogens with zero attached hydrogens (tertiary/aromatic N) is 4. The Bertz CT molecular complexity index is 537. The van der Waals surface area contributed by atoms with Crippen LogP contribution in [0.3, 0.4) is 0 Å². The molecule has 0 amide bonds.